The summed E-state index contributed by atoms with van der Waals surface area (Å²) in [5.41, 5.74) is 3.83. The number of allylic oxidation sites excluding steroid dienone is 2. The van der Waals surface area contributed by atoms with Gasteiger partial charge in [0.2, 0.25) is 0 Å². The van der Waals surface area contributed by atoms with Crippen LogP contribution >= 0.6 is 11.8 Å². The van der Waals surface area contributed by atoms with Gasteiger partial charge in [-0.3, -0.25) is 15.0 Å². The molecule has 1 unspecified atom stereocenters. The third-order valence-electron chi connectivity index (χ3n) is 6.49. The lowest BCUT2D eigenvalue weighted by molar-refractivity contribution is 0.0589. The van der Waals surface area contributed by atoms with Gasteiger partial charge < -0.3 is 14.8 Å². The smallest absolute Gasteiger partial charge is 0.269 e. The van der Waals surface area contributed by atoms with Crippen LogP contribution in [-0.4, -0.2) is 49.8 Å². The second kappa shape index (κ2) is 12.6. The van der Waals surface area contributed by atoms with Crippen LogP contribution in [0.25, 0.3) is 0 Å². The number of rotatable bonds is 8. The van der Waals surface area contributed by atoms with Crippen molar-refractivity contribution in [3.8, 4) is 11.5 Å². The van der Waals surface area contributed by atoms with Crippen LogP contribution in [0.5, 0.6) is 11.5 Å². The van der Waals surface area contributed by atoms with Crippen molar-refractivity contribution in [2.75, 3.05) is 20.8 Å². The fourth-order valence-electron chi connectivity index (χ4n) is 4.45. The number of thioether (sulfide) groups is 1. The zero-order chi connectivity index (χ0) is 28.0. The Bertz CT molecular complexity index is 1360. The molecule has 0 aliphatic carbocycles. The molecule has 1 N–H and O–H groups in total. The van der Waals surface area contributed by atoms with Crippen LogP contribution in [0.4, 0.5) is 14.5 Å². The maximum absolute atomic E-state index is 13.8. The van der Waals surface area contributed by atoms with Crippen molar-refractivity contribution in [3.63, 3.8) is 0 Å². The number of alkyl halides is 2. The van der Waals surface area contributed by atoms with E-state index in [1.54, 1.807) is 32.9 Å². The number of methoxy groups -OCH3 is 2. The monoisotopic (exact) mass is 552 g/mol. The minimum atomic E-state index is -2.88. The van der Waals surface area contributed by atoms with Gasteiger partial charge in [0.15, 0.2) is 11.5 Å². The number of benzene rings is 2. The van der Waals surface area contributed by atoms with E-state index in [0.717, 1.165) is 58.6 Å². The molecule has 2 heterocycles. The molecule has 39 heavy (non-hydrogen) atoms. The highest BCUT2D eigenvalue weighted by atomic mass is 32.2. The third-order valence-corrected chi connectivity index (χ3v) is 7.52. The maximum Gasteiger partial charge on any atom is 0.269 e. The summed E-state index contributed by atoms with van der Waals surface area (Å²) in [6, 6.07) is 11.6. The lowest BCUT2D eigenvalue weighted by Gasteiger charge is -2.16. The van der Waals surface area contributed by atoms with Crippen molar-refractivity contribution in [1.82, 2.24) is 5.32 Å². The zero-order valence-corrected chi connectivity index (χ0v) is 23.7. The molecule has 2 aliphatic rings. The van der Waals surface area contributed by atoms with E-state index in [1.807, 2.05) is 37.4 Å². The van der Waals surface area contributed by atoms with Gasteiger partial charge in [-0.15, -0.1) is 0 Å². The zero-order valence-electron chi connectivity index (χ0n) is 22.9. The first kappa shape index (κ1) is 28.5. The molecule has 0 fully saturated rings. The topological polar surface area (TPSA) is 67.6 Å². The van der Waals surface area contributed by atoms with Gasteiger partial charge in [-0.05, 0) is 56.5 Å². The first-order valence-corrected chi connectivity index (χ1v) is 13.7. The molecule has 0 aromatic heterocycles. The van der Waals surface area contributed by atoms with Gasteiger partial charge in [0, 0.05) is 53.9 Å². The Morgan fingerprint density at radius 1 is 1.18 bits per heavy atom. The average Bonchev–Trinajstić information content (AvgIpc) is 3.29. The van der Waals surface area contributed by atoms with Gasteiger partial charge in [0.25, 0.3) is 5.92 Å². The highest BCUT2D eigenvalue weighted by molar-refractivity contribution is 8.14. The molecule has 1 atom stereocenters. The Morgan fingerprint density at radius 3 is 2.64 bits per heavy atom. The van der Waals surface area contributed by atoms with Crippen molar-refractivity contribution in [2.24, 2.45) is 15.0 Å². The molecule has 0 saturated carbocycles. The summed E-state index contributed by atoms with van der Waals surface area (Å²) in [7, 11) is 3.23. The van der Waals surface area contributed by atoms with Gasteiger partial charge in [-0.25, -0.2) is 8.78 Å². The fourth-order valence-corrected chi connectivity index (χ4v) is 5.46. The number of amidine groups is 1. The van der Waals surface area contributed by atoms with Crippen LogP contribution in [0.2, 0.25) is 0 Å². The van der Waals surface area contributed by atoms with Crippen LogP contribution in [0.15, 0.2) is 79.7 Å². The number of fused-ring (bicyclic) bond motifs is 1. The van der Waals surface area contributed by atoms with Crippen molar-refractivity contribution < 1.29 is 18.3 Å². The Kier molecular flexibility index (Phi) is 9.22. The number of hydrogen-bond donors (Lipinski definition) is 1. The molecule has 2 aliphatic heterocycles. The molecular formula is C30H34F2N4O2S. The molecular weight excluding hydrogens is 518 g/mol. The standard InChI is InChI=1S/C30H34F2N4O2S/c1-6-21(36-28-17-24(19(2)35-28)30(3,31)32)12-11-20-9-7-10-22(15-20)39-29-23-16-26(37-4)27(38-5)18-25(23)33-13-8-14-34-29/h6-7,9-10,13,15-19H,8,11-12,14H2,1-5H3,(H,35,36)/b21-6-,33-13?,34-29?. The highest BCUT2D eigenvalue weighted by Gasteiger charge is 2.34. The lowest BCUT2D eigenvalue weighted by Crippen LogP contribution is -2.21. The van der Waals surface area contributed by atoms with Gasteiger partial charge in [0.05, 0.1) is 25.9 Å². The molecule has 206 valence electrons. The van der Waals surface area contributed by atoms with Crippen molar-refractivity contribution >= 4 is 34.5 Å². The largest absolute Gasteiger partial charge is 0.493 e. The van der Waals surface area contributed by atoms with E-state index in [4.69, 9.17) is 14.5 Å². The van der Waals surface area contributed by atoms with E-state index in [9.17, 15) is 8.78 Å². The summed E-state index contributed by atoms with van der Waals surface area (Å²) in [6.07, 6.45) is 7.57. The minimum Gasteiger partial charge on any atom is -0.493 e. The minimum absolute atomic E-state index is 0.0330. The van der Waals surface area contributed by atoms with Crippen molar-refractivity contribution in [1.29, 1.82) is 0 Å². The summed E-state index contributed by atoms with van der Waals surface area (Å²) < 4.78 is 38.7. The van der Waals surface area contributed by atoms with Crippen LogP contribution in [0.3, 0.4) is 0 Å². The van der Waals surface area contributed by atoms with Gasteiger partial charge in [0.1, 0.15) is 10.9 Å². The second-order valence-electron chi connectivity index (χ2n) is 9.38. The van der Waals surface area contributed by atoms with Crippen molar-refractivity contribution in [2.45, 2.75) is 56.9 Å². The van der Waals surface area contributed by atoms with Gasteiger partial charge in [-0.2, -0.15) is 0 Å². The lowest BCUT2D eigenvalue weighted by atomic mass is 10.1. The molecule has 4 rings (SSSR count). The second-order valence-corrected chi connectivity index (χ2v) is 10.4. The quantitative estimate of drug-likeness (QED) is 0.377. The van der Waals surface area contributed by atoms with Crippen LogP contribution in [0.1, 0.15) is 44.7 Å². The Hall–Kier alpha value is -3.46. The summed E-state index contributed by atoms with van der Waals surface area (Å²) in [4.78, 5) is 14.9. The number of nitrogens with one attached hydrogen (secondary N) is 1. The van der Waals surface area contributed by atoms with E-state index in [2.05, 4.69) is 33.5 Å². The van der Waals surface area contributed by atoms with E-state index in [0.29, 0.717) is 23.9 Å². The number of ether oxygens (including phenoxy) is 2. The first-order valence-electron chi connectivity index (χ1n) is 12.9. The predicted octanol–water partition coefficient (Wildman–Crippen LogP) is 7.16. The molecule has 9 heteroatoms. The fraction of sp³-hybridized carbons (Fsp3) is 0.367. The van der Waals surface area contributed by atoms with Gasteiger partial charge >= 0.3 is 0 Å². The van der Waals surface area contributed by atoms with Crippen LogP contribution in [-0.2, 0) is 6.42 Å². The predicted molar refractivity (Wildman–Crippen MR) is 157 cm³/mol. The molecule has 0 spiro atoms. The average molecular weight is 553 g/mol. The number of aryl methyl sites for hydroxylation is 1. The number of nitrogens with zero attached hydrogens (tertiary/aromatic N) is 3. The highest BCUT2D eigenvalue weighted by Crippen LogP contribution is 2.39. The van der Waals surface area contributed by atoms with E-state index in [-0.39, 0.29) is 5.57 Å². The first-order chi connectivity index (χ1) is 18.7. The summed E-state index contributed by atoms with van der Waals surface area (Å²) in [6.45, 7) is 5.19. The molecule has 2 aromatic carbocycles. The summed E-state index contributed by atoms with van der Waals surface area (Å²) in [5, 5.41) is 4.11. The van der Waals surface area contributed by atoms with Crippen molar-refractivity contribution in [3.05, 3.63) is 70.9 Å². The molecule has 0 saturated heterocycles. The SMILES string of the molecule is C/C=C(/CCc1cccc(SC2=NCCC=Nc3cc(OC)c(OC)cc32)c1)NC1=NC(C)C(C(C)(F)F)=C1. The maximum atomic E-state index is 13.8. The van der Waals surface area contributed by atoms with Gasteiger partial charge in [-0.1, -0.05) is 30.0 Å². The molecule has 2 aromatic rings. The number of aliphatic imine (C=N–C) groups is 3. The van der Waals surface area contributed by atoms with Crippen LogP contribution < -0.4 is 14.8 Å². The molecule has 0 bridgehead atoms. The van der Waals surface area contributed by atoms with E-state index < -0.39 is 12.0 Å². The molecule has 0 radical (unpaired) electrons. The number of hydrogen-bond acceptors (Lipinski definition) is 7. The van der Waals surface area contributed by atoms with E-state index >= 15 is 0 Å². The summed E-state index contributed by atoms with van der Waals surface area (Å²) in [5.74, 6) is -1.15. The van der Waals surface area contributed by atoms with E-state index in [1.165, 1.54) is 6.08 Å². The molecule has 6 nitrogen and oxygen atoms in total. The normalized spacial score (nSPS) is 17.5. The summed E-state index contributed by atoms with van der Waals surface area (Å²) >= 11 is 1.60. The number of halogens is 2. The Balaban J connectivity index is 1.47. The molecule has 0 amide bonds. The van der Waals surface area contributed by atoms with Crippen LogP contribution in [0, 0.1) is 0 Å². The Labute approximate surface area is 233 Å². The Morgan fingerprint density at radius 2 is 1.95 bits per heavy atom. The third kappa shape index (κ3) is 7.15.